The Morgan fingerprint density at radius 3 is 2.83 bits per heavy atom. The molecule has 1 aliphatic rings. The molecule has 1 aliphatic heterocycles. The summed E-state index contributed by atoms with van der Waals surface area (Å²) in [4.78, 5) is 0.150. The third-order valence-corrected chi connectivity index (χ3v) is 6.14. The van der Waals surface area contributed by atoms with Crippen LogP contribution in [0.4, 0.5) is 0 Å². The molecular weight excluding hydrogens is 368 g/mol. The van der Waals surface area contributed by atoms with Crippen LogP contribution in [-0.4, -0.2) is 35.0 Å². The van der Waals surface area contributed by atoms with Crippen molar-refractivity contribution in [3.8, 4) is 0 Å². The highest BCUT2D eigenvalue weighted by Crippen LogP contribution is 2.26. The molecule has 0 bridgehead atoms. The van der Waals surface area contributed by atoms with Gasteiger partial charge in [-0.25, -0.2) is 0 Å². The summed E-state index contributed by atoms with van der Waals surface area (Å²) in [6.45, 7) is 7.57. The van der Waals surface area contributed by atoms with Crippen LogP contribution in [0.3, 0.4) is 0 Å². The molecule has 3 unspecified atom stereocenters. The zero-order valence-corrected chi connectivity index (χ0v) is 17.2. The molecule has 0 aromatic heterocycles. The van der Waals surface area contributed by atoms with Crippen molar-refractivity contribution < 1.29 is 14.6 Å². The minimum Gasteiger partial charge on any atom is -0.389 e. The van der Waals surface area contributed by atoms with Crippen molar-refractivity contribution in [2.75, 3.05) is 13.2 Å². The van der Waals surface area contributed by atoms with Crippen molar-refractivity contribution >= 4 is 15.9 Å². The molecular formula is C20H35BrO3. The molecule has 1 rings (SSSR count). The number of ether oxygens (including phenoxy) is 2. The number of rotatable bonds is 11. The van der Waals surface area contributed by atoms with E-state index in [0.29, 0.717) is 6.61 Å². The molecule has 4 heteroatoms. The molecule has 1 saturated heterocycles. The molecule has 0 radical (unpaired) electrons. The first kappa shape index (κ1) is 21.9. The summed E-state index contributed by atoms with van der Waals surface area (Å²) in [5.41, 5.74) is 0.775. The maximum absolute atomic E-state index is 10.2. The van der Waals surface area contributed by atoms with Crippen LogP contribution in [0, 0.1) is 0 Å². The van der Waals surface area contributed by atoms with Gasteiger partial charge in [0.15, 0.2) is 6.29 Å². The van der Waals surface area contributed by atoms with Gasteiger partial charge in [0, 0.05) is 11.4 Å². The Morgan fingerprint density at radius 1 is 1.38 bits per heavy atom. The standard InChI is InChI=1S/C20H35BrO3/c1-4-20(3,22)18(21)14-13-17(2)11-7-5-6-9-15-23-19-12-8-10-16-24-19/h6,9,11,18-19,22H,4-5,7-8,10,12-16H2,1-3H3/b9-6+,17-11+. The number of hydrogen-bond acceptors (Lipinski definition) is 3. The molecule has 0 spiro atoms. The summed E-state index contributed by atoms with van der Waals surface area (Å²) < 4.78 is 11.2. The van der Waals surface area contributed by atoms with Crippen molar-refractivity contribution in [2.45, 2.75) is 88.9 Å². The van der Waals surface area contributed by atoms with Gasteiger partial charge in [0.05, 0.1) is 12.2 Å². The Balaban J connectivity index is 2.09. The average molecular weight is 403 g/mol. The number of unbranched alkanes of at least 4 members (excludes halogenated alkanes) is 1. The highest BCUT2D eigenvalue weighted by molar-refractivity contribution is 9.09. The van der Waals surface area contributed by atoms with Crippen LogP contribution in [0.2, 0.25) is 0 Å². The van der Waals surface area contributed by atoms with Crippen molar-refractivity contribution in [2.24, 2.45) is 0 Å². The second-order valence-electron chi connectivity index (χ2n) is 6.95. The molecule has 0 aromatic carbocycles. The largest absolute Gasteiger partial charge is 0.389 e. The van der Waals surface area contributed by atoms with E-state index >= 15 is 0 Å². The zero-order chi connectivity index (χ0) is 17.8. The molecule has 3 nitrogen and oxygen atoms in total. The maximum Gasteiger partial charge on any atom is 0.157 e. The molecule has 3 atom stereocenters. The number of halogens is 1. The van der Waals surface area contributed by atoms with Gasteiger partial charge in [0.2, 0.25) is 0 Å². The van der Waals surface area contributed by atoms with E-state index in [1.165, 1.54) is 12.0 Å². The van der Waals surface area contributed by atoms with E-state index in [4.69, 9.17) is 9.47 Å². The smallest absolute Gasteiger partial charge is 0.157 e. The Bertz CT molecular complexity index is 384. The maximum atomic E-state index is 10.2. The van der Waals surface area contributed by atoms with E-state index in [0.717, 1.165) is 51.6 Å². The van der Waals surface area contributed by atoms with Crippen molar-refractivity contribution in [3.05, 3.63) is 23.8 Å². The molecule has 1 fully saturated rings. The second-order valence-corrected chi connectivity index (χ2v) is 8.05. The minimum absolute atomic E-state index is 0.00284. The van der Waals surface area contributed by atoms with Gasteiger partial charge in [0.1, 0.15) is 0 Å². The van der Waals surface area contributed by atoms with E-state index in [-0.39, 0.29) is 11.1 Å². The molecule has 0 aromatic rings. The first-order valence-electron chi connectivity index (χ1n) is 9.36. The zero-order valence-electron chi connectivity index (χ0n) is 15.6. The van der Waals surface area contributed by atoms with Crippen molar-refractivity contribution in [3.63, 3.8) is 0 Å². The predicted molar refractivity (Wildman–Crippen MR) is 105 cm³/mol. The highest BCUT2D eigenvalue weighted by atomic mass is 79.9. The van der Waals surface area contributed by atoms with Gasteiger partial charge in [-0.3, -0.25) is 0 Å². The first-order chi connectivity index (χ1) is 11.5. The number of allylic oxidation sites excluding steroid dienone is 3. The average Bonchev–Trinajstić information content (AvgIpc) is 2.59. The van der Waals surface area contributed by atoms with Crippen LogP contribution in [0.5, 0.6) is 0 Å². The van der Waals surface area contributed by atoms with Gasteiger partial charge in [-0.05, 0) is 65.2 Å². The molecule has 140 valence electrons. The quantitative estimate of drug-likeness (QED) is 0.281. The number of aliphatic hydroxyl groups is 1. The number of hydrogen-bond donors (Lipinski definition) is 1. The van der Waals surface area contributed by atoms with E-state index in [1.807, 2.05) is 13.8 Å². The third kappa shape index (κ3) is 9.36. The Kier molecular flexibility index (Phi) is 11.2. The fourth-order valence-corrected chi connectivity index (χ4v) is 3.16. The SMILES string of the molecule is CCC(C)(O)C(Br)CC/C(C)=C/CC/C=C/COC1CCCCO1. The lowest BCUT2D eigenvalue weighted by Crippen LogP contribution is -2.34. The first-order valence-corrected chi connectivity index (χ1v) is 10.3. The predicted octanol–water partition coefficient (Wildman–Crippen LogP) is 5.52. The lowest BCUT2D eigenvalue weighted by molar-refractivity contribution is -0.155. The molecule has 0 amide bonds. The normalized spacial score (nSPS) is 23.4. The third-order valence-electron chi connectivity index (χ3n) is 4.69. The van der Waals surface area contributed by atoms with Crippen LogP contribution >= 0.6 is 15.9 Å². The molecule has 24 heavy (non-hydrogen) atoms. The fourth-order valence-electron chi connectivity index (χ4n) is 2.61. The summed E-state index contributed by atoms with van der Waals surface area (Å²) in [5, 5.41) is 10.2. The molecule has 0 saturated carbocycles. The Morgan fingerprint density at radius 2 is 2.17 bits per heavy atom. The lowest BCUT2D eigenvalue weighted by Gasteiger charge is -2.27. The molecule has 1 N–H and O–H groups in total. The summed E-state index contributed by atoms with van der Waals surface area (Å²) >= 11 is 3.62. The summed E-state index contributed by atoms with van der Waals surface area (Å²) in [6, 6.07) is 0. The van der Waals surface area contributed by atoms with E-state index in [1.54, 1.807) is 0 Å². The van der Waals surface area contributed by atoms with Gasteiger partial charge >= 0.3 is 0 Å². The van der Waals surface area contributed by atoms with Crippen LogP contribution in [0.25, 0.3) is 0 Å². The summed E-state index contributed by atoms with van der Waals surface area (Å²) in [5.74, 6) is 0. The highest BCUT2D eigenvalue weighted by Gasteiger charge is 2.27. The van der Waals surface area contributed by atoms with Crippen molar-refractivity contribution in [1.29, 1.82) is 0 Å². The van der Waals surface area contributed by atoms with Crippen LogP contribution in [-0.2, 0) is 9.47 Å². The Hall–Kier alpha value is -0.160. The molecule has 0 aliphatic carbocycles. The van der Waals surface area contributed by atoms with E-state index in [2.05, 4.69) is 41.1 Å². The Labute approximate surface area is 156 Å². The van der Waals surface area contributed by atoms with Gasteiger partial charge in [-0.15, -0.1) is 0 Å². The van der Waals surface area contributed by atoms with Gasteiger partial charge in [-0.1, -0.05) is 46.7 Å². The van der Waals surface area contributed by atoms with E-state index in [9.17, 15) is 5.11 Å². The monoisotopic (exact) mass is 402 g/mol. The van der Waals surface area contributed by atoms with Crippen LogP contribution in [0.1, 0.15) is 72.1 Å². The van der Waals surface area contributed by atoms with Crippen molar-refractivity contribution in [1.82, 2.24) is 0 Å². The minimum atomic E-state index is -0.620. The van der Waals surface area contributed by atoms with E-state index < -0.39 is 5.60 Å². The fraction of sp³-hybridized carbons (Fsp3) is 0.800. The van der Waals surface area contributed by atoms with Gasteiger partial charge in [0.25, 0.3) is 0 Å². The van der Waals surface area contributed by atoms with Crippen LogP contribution in [0.15, 0.2) is 23.8 Å². The molecule has 1 heterocycles. The topological polar surface area (TPSA) is 38.7 Å². The summed E-state index contributed by atoms with van der Waals surface area (Å²) in [7, 11) is 0. The lowest BCUT2D eigenvalue weighted by atomic mass is 9.94. The second kappa shape index (κ2) is 12.2. The van der Waals surface area contributed by atoms with Gasteiger partial charge in [-0.2, -0.15) is 0 Å². The number of alkyl halides is 1. The summed E-state index contributed by atoms with van der Waals surface area (Å²) in [6.07, 6.45) is 14.8. The van der Waals surface area contributed by atoms with Crippen LogP contribution < -0.4 is 0 Å². The van der Waals surface area contributed by atoms with Gasteiger partial charge < -0.3 is 14.6 Å².